The van der Waals surface area contributed by atoms with E-state index in [-0.39, 0.29) is 0 Å². The van der Waals surface area contributed by atoms with E-state index in [1.807, 2.05) is 80.4 Å². The summed E-state index contributed by atoms with van der Waals surface area (Å²) in [5.74, 6) is 1.30. The van der Waals surface area contributed by atoms with Gasteiger partial charge in [0.15, 0.2) is 11.5 Å². The molecule has 5 heterocycles. The molecule has 0 saturated carbocycles. The number of likely N-dealkylation sites (N-methyl/N-ethyl adjacent to an activating group) is 1. The number of nitrogens with two attached hydrogens (primary N) is 1. The second kappa shape index (κ2) is 8.43. The molecule has 0 unspecified atom stereocenters. The molecular weight excluding hydrogens is 400 g/mol. The maximum Gasteiger partial charge on any atom is 0.166 e. The molecule has 0 atom stereocenters. The van der Waals surface area contributed by atoms with Crippen molar-refractivity contribution in [1.82, 2.24) is 29.5 Å². The first-order valence-electron chi connectivity index (χ1n) is 10.3. The lowest BCUT2D eigenvalue weighted by molar-refractivity contribution is 0.839. The number of hydrogen-bond acceptors (Lipinski definition) is 7. The zero-order chi connectivity index (χ0) is 21.9. The first kappa shape index (κ1) is 19.6. The van der Waals surface area contributed by atoms with E-state index in [9.17, 15) is 0 Å². The largest absolute Gasteiger partial charge is 0.382 e. The van der Waals surface area contributed by atoms with Crippen molar-refractivity contribution in [3.8, 4) is 22.4 Å². The minimum Gasteiger partial charge on any atom is -0.382 e. The summed E-state index contributed by atoms with van der Waals surface area (Å²) < 4.78 is 1.70. The Hall–Kier alpha value is -4.33. The average molecular weight is 422 g/mol. The molecule has 5 aromatic heterocycles. The highest BCUT2D eigenvalue weighted by Gasteiger charge is 2.15. The smallest absolute Gasteiger partial charge is 0.166 e. The molecule has 0 radical (unpaired) electrons. The molecule has 5 rings (SSSR count). The fraction of sp³-hybridized carbons (Fsp3) is 0.125. The van der Waals surface area contributed by atoms with Gasteiger partial charge < -0.3 is 10.6 Å². The molecule has 0 aliphatic carbocycles. The predicted octanol–water partition coefficient (Wildman–Crippen LogP) is 3.51. The van der Waals surface area contributed by atoms with E-state index in [2.05, 4.69) is 29.9 Å². The standard InChI is InChI=1S/C24H22N8/c1-31(13-10-19-6-2-4-11-26-19)21-9-8-17(14-28-21)18-15-29-24-22(20-7-3-5-12-27-20)23(25)30-32(24)16-18/h2-9,11-12,14-16H,10,13H2,1H3,(H2,25,30). The van der Waals surface area contributed by atoms with Gasteiger partial charge in [-0.1, -0.05) is 12.1 Å². The lowest BCUT2D eigenvalue weighted by atomic mass is 10.1. The lowest BCUT2D eigenvalue weighted by Crippen LogP contribution is -2.21. The van der Waals surface area contributed by atoms with Crippen LogP contribution < -0.4 is 10.6 Å². The quantitative estimate of drug-likeness (QED) is 0.447. The molecular formula is C24H22N8. The number of fused-ring (bicyclic) bond motifs is 1. The van der Waals surface area contributed by atoms with Crippen LogP contribution in [-0.4, -0.2) is 43.1 Å². The summed E-state index contributed by atoms with van der Waals surface area (Å²) in [6, 6.07) is 15.7. The van der Waals surface area contributed by atoms with Crippen molar-refractivity contribution < 1.29 is 0 Å². The normalized spacial score (nSPS) is 11.0. The maximum absolute atomic E-state index is 6.16. The molecule has 0 saturated heterocycles. The van der Waals surface area contributed by atoms with Crippen molar-refractivity contribution in [3.05, 3.63) is 85.2 Å². The van der Waals surface area contributed by atoms with Crippen LogP contribution >= 0.6 is 0 Å². The minimum atomic E-state index is 0.399. The summed E-state index contributed by atoms with van der Waals surface area (Å²) in [7, 11) is 2.03. The Bertz CT molecular complexity index is 1330. The molecule has 8 heteroatoms. The zero-order valence-electron chi connectivity index (χ0n) is 17.6. The lowest BCUT2D eigenvalue weighted by Gasteiger charge is -2.18. The van der Waals surface area contributed by atoms with Crippen molar-refractivity contribution in [3.63, 3.8) is 0 Å². The molecule has 0 aliphatic rings. The van der Waals surface area contributed by atoms with Gasteiger partial charge >= 0.3 is 0 Å². The predicted molar refractivity (Wildman–Crippen MR) is 125 cm³/mol. The van der Waals surface area contributed by atoms with Gasteiger partial charge in [-0.2, -0.15) is 0 Å². The molecule has 2 N–H and O–H groups in total. The summed E-state index contributed by atoms with van der Waals surface area (Å²) in [6.45, 7) is 0.833. The molecule has 0 fully saturated rings. The number of pyridine rings is 3. The van der Waals surface area contributed by atoms with Gasteiger partial charge in [0.25, 0.3) is 0 Å². The Kier molecular flexibility index (Phi) is 5.17. The molecule has 0 aliphatic heterocycles. The Balaban J connectivity index is 1.36. The Morgan fingerprint density at radius 2 is 1.69 bits per heavy atom. The van der Waals surface area contributed by atoms with Crippen molar-refractivity contribution in [2.24, 2.45) is 0 Å². The minimum absolute atomic E-state index is 0.399. The first-order valence-corrected chi connectivity index (χ1v) is 10.3. The summed E-state index contributed by atoms with van der Waals surface area (Å²) >= 11 is 0. The number of hydrogen-bond donors (Lipinski definition) is 1. The van der Waals surface area contributed by atoms with Gasteiger partial charge in [0.1, 0.15) is 5.82 Å². The van der Waals surface area contributed by atoms with Crippen LogP contribution in [-0.2, 0) is 6.42 Å². The highest BCUT2D eigenvalue weighted by molar-refractivity contribution is 5.84. The molecule has 5 aromatic rings. The Morgan fingerprint density at radius 1 is 0.875 bits per heavy atom. The molecule has 0 amide bonds. The molecule has 32 heavy (non-hydrogen) atoms. The van der Waals surface area contributed by atoms with Gasteiger partial charge in [-0.15, -0.1) is 5.10 Å². The Labute approximate surface area is 185 Å². The topological polar surface area (TPSA) is 98.1 Å². The van der Waals surface area contributed by atoms with Gasteiger partial charge in [0.05, 0.1) is 11.3 Å². The van der Waals surface area contributed by atoms with Crippen LogP contribution in [0.1, 0.15) is 5.69 Å². The van der Waals surface area contributed by atoms with Crippen molar-refractivity contribution in [2.45, 2.75) is 6.42 Å². The fourth-order valence-corrected chi connectivity index (χ4v) is 3.58. The maximum atomic E-state index is 6.16. The Morgan fingerprint density at radius 3 is 2.41 bits per heavy atom. The van der Waals surface area contributed by atoms with Crippen molar-refractivity contribution >= 4 is 17.3 Å². The molecule has 0 spiro atoms. The third-order valence-corrected chi connectivity index (χ3v) is 5.32. The summed E-state index contributed by atoms with van der Waals surface area (Å²) in [6.07, 6.45) is 9.98. The molecule has 8 nitrogen and oxygen atoms in total. The second-order valence-corrected chi connectivity index (χ2v) is 7.48. The summed E-state index contributed by atoms with van der Waals surface area (Å²) in [4.78, 5) is 20.1. The fourth-order valence-electron chi connectivity index (χ4n) is 3.58. The number of nitrogen functional groups attached to an aromatic ring is 1. The SMILES string of the molecule is CN(CCc1ccccn1)c1ccc(-c2cnc3c(-c4ccccn4)c(N)nn3c2)cn1. The van der Waals surface area contributed by atoms with Gasteiger partial charge in [-0.3, -0.25) is 9.97 Å². The summed E-state index contributed by atoms with van der Waals surface area (Å²) in [5.41, 5.74) is 11.2. The number of aromatic nitrogens is 6. The van der Waals surface area contributed by atoms with Gasteiger partial charge in [-0.05, 0) is 36.4 Å². The van der Waals surface area contributed by atoms with E-state index in [0.29, 0.717) is 11.5 Å². The van der Waals surface area contributed by atoms with Gasteiger partial charge in [0.2, 0.25) is 0 Å². The van der Waals surface area contributed by atoms with E-state index in [4.69, 9.17) is 5.73 Å². The zero-order valence-corrected chi connectivity index (χ0v) is 17.6. The van der Waals surface area contributed by atoms with Crippen LogP contribution in [0, 0.1) is 0 Å². The highest BCUT2D eigenvalue weighted by atomic mass is 15.3. The number of nitrogens with zero attached hydrogens (tertiary/aromatic N) is 7. The van der Waals surface area contributed by atoms with Crippen LogP contribution in [0.3, 0.4) is 0 Å². The van der Waals surface area contributed by atoms with Gasteiger partial charge in [-0.25, -0.2) is 14.5 Å². The first-order chi connectivity index (χ1) is 15.7. The summed E-state index contributed by atoms with van der Waals surface area (Å²) in [5, 5.41) is 4.43. The average Bonchev–Trinajstić information content (AvgIpc) is 3.18. The van der Waals surface area contributed by atoms with Crippen molar-refractivity contribution in [1.29, 1.82) is 0 Å². The van der Waals surface area contributed by atoms with E-state index in [1.165, 1.54) is 0 Å². The van der Waals surface area contributed by atoms with E-state index in [0.717, 1.165) is 46.9 Å². The molecule has 0 aromatic carbocycles. The number of rotatable bonds is 6. The highest BCUT2D eigenvalue weighted by Crippen LogP contribution is 2.29. The van der Waals surface area contributed by atoms with Crippen LogP contribution in [0.15, 0.2) is 79.5 Å². The van der Waals surface area contributed by atoms with E-state index >= 15 is 0 Å². The molecule has 0 bridgehead atoms. The monoisotopic (exact) mass is 422 g/mol. The molecule has 158 valence electrons. The van der Waals surface area contributed by atoms with Gasteiger partial charge in [0, 0.05) is 67.8 Å². The van der Waals surface area contributed by atoms with Crippen molar-refractivity contribution in [2.75, 3.05) is 24.2 Å². The van der Waals surface area contributed by atoms with E-state index < -0.39 is 0 Å². The number of anilines is 2. The third kappa shape index (κ3) is 3.85. The van der Waals surface area contributed by atoms with Crippen LogP contribution in [0.2, 0.25) is 0 Å². The van der Waals surface area contributed by atoms with Crippen LogP contribution in [0.25, 0.3) is 28.0 Å². The van der Waals surface area contributed by atoms with Crippen LogP contribution in [0.4, 0.5) is 11.6 Å². The van der Waals surface area contributed by atoms with Crippen LogP contribution in [0.5, 0.6) is 0 Å². The second-order valence-electron chi connectivity index (χ2n) is 7.48. The van der Waals surface area contributed by atoms with E-state index in [1.54, 1.807) is 10.7 Å². The third-order valence-electron chi connectivity index (χ3n) is 5.32.